The van der Waals surface area contributed by atoms with Gasteiger partial charge in [0, 0.05) is 13.0 Å². The van der Waals surface area contributed by atoms with Gasteiger partial charge in [-0.15, -0.1) is 10.2 Å². The Labute approximate surface area is 99.9 Å². The first-order valence-corrected chi connectivity index (χ1v) is 5.98. The Bertz CT molecular complexity index is 507. The van der Waals surface area contributed by atoms with Crippen LogP contribution in [-0.4, -0.2) is 19.9 Å². The maximum Gasteiger partial charge on any atom is 0.161 e. The molecule has 0 saturated carbocycles. The number of fused-ring (bicyclic) bond motifs is 1. The highest BCUT2D eigenvalue weighted by Crippen LogP contribution is 2.24. The summed E-state index contributed by atoms with van der Waals surface area (Å²) in [5, 5.41) is 18.1. The van der Waals surface area contributed by atoms with Gasteiger partial charge >= 0.3 is 0 Å². The normalized spacial score (nSPS) is 19.0. The molecule has 88 valence electrons. The third-order valence-electron chi connectivity index (χ3n) is 3.22. The molecule has 0 saturated heterocycles. The summed E-state index contributed by atoms with van der Waals surface area (Å²) >= 11 is 0. The van der Waals surface area contributed by atoms with E-state index in [9.17, 15) is 5.11 Å². The fraction of sp³-hybridized carbons (Fsp3) is 0.385. The van der Waals surface area contributed by atoms with Crippen LogP contribution in [0.5, 0.6) is 0 Å². The van der Waals surface area contributed by atoms with Gasteiger partial charge in [0.05, 0.1) is 0 Å². The summed E-state index contributed by atoms with van der Waals surface area (Å²) < 4.78 is 2.06. The van der Waals surface area contributed by atoms with Gasteiger partial charge in [-0.1, -0.05) is 30.3 Å². The minimum atomic E-state index is -0.444. The monoisotopic (exact) mass is 229 g/mol. The largest absolute Gasteiger partial charge is 0.385 e. The summed E-state index contributed by atoms with van der Waals surface area (Å²) in [7, 11) is 0. The summed E-state index contributed by atoms with van der Waals surface area (Å²) in [6, 6.07) is 10.2. The lowest BCUT2D eigenvalue weighted by atomic mass is 10.1. The van der Waals surface area contributed by atoms with E-state index in [4.69, 9.17) is 0 Å². The zero-order chi connectivity index (χ0) is 11.7. The second-order valence-electron chi connectivity index (χ2n) is 4.45. The molecule has 4 heteroatoms. The van der Waals surface area contributed by atoms with Gasteiger partial charge in [0.1, 0.15) is 11.9 Å². The second kappa shape index (κ2) is 4.30. The first kappa shape index (κ1) is 10.5. The van der Waals surface area contributed by atoms with E-state index in [1.807, 2.05) is 18.2 Å². The van der Waals surface area contributed by atoms with Crippen molar-refractivity contribution in [3.63, 3.8) is 0 Å². The highest BCUT2D eigenvalue weighted by atomic mass is 16.3. The number of nitrogens with zero attached hydrogens (tertiary/aromatic N) is 3. The van der Waals surface area contributed by atoms with Gasteiger partial charge < -0.3 is 9.67 Å². The van der Waals surface area contributed by atoms with E-state index >= 15 is 0 Å². The number of hydrogen-bond donors (Lipinski definition) is 1. The Morgan fingerprint density at radius 3 is 2.88 bits per heavy atom. The second-order valence-corrected chi connectivity index (χ2v) is 4.45. The highest BCUT2D eigenvalue weighted by molar-refractivity contribution is 5.19. The molecule has 4 nitrogen and oxygen atoms in total. The van der Waals surface area contributed by atoms with E-state index in [-0.39, 0.29) is 0 Å². The smallest absolute Gasteiger partial charge is 0.161 e. The lowest BCUT2D eigenvalue weighted by Gasteiger charge is -2.19. The van der Waals surface area contributed by atoms with Gasteiger partial charge in [-0.2, -0.15) is 0 Å². The minimum absolute atomic E-state index is 0.444. The van der Waals surface area contributed by atoms with Crippen molar-refractivity contribution in [2.24, 2.45) is 0 Å². The van der Waals surface area contributed by atoms with Gasteiger partial charge in [0.15, 0.2) is 5.82 Å². The third kappa shape index (κ3) is 1.96. The molecule has 0 amide bonds. The third-order valence-corrected chi connectivity index (χ3v) is 3.22. The molecule has 2 aromatic rings. The number of rotatable bonds is 2. The molecule has 1 aliphatic heterocycles. The number of aliphatic hydroxyl groups is 1. The van der Waals surface area contributed by atoms with Gasteiger partial charge in [-0.25, -0.2) is 0 Å². The Hall–Kier alpha value is -1.68. The minimum Gasteiger partial charge on any atom is -0.385 e. The molecule has 0 bridgehead atoms. The lowest BCUT2D eigenvalue weighted by Crippen LogP contribution is -2.17. The van der Waals surface area contributed by atoms with Crippen LogP contribution < -0.4 is 0 Å². The Morgan fingerprint density at radius 1 is 1.24 bits per heavy atom. The van der Waals surface area contributed by atoms with E-state index in [1.165, 1.54) is 5.56 Å². The summed E-state index contributed by atoms with van der Waals surface area (Å²) in [5.41, 5.74) is 1.22. The quantitative estimate of drug-likeness (QED) is 0.852. The van der Waals surface area contributed by atoms with Crippen molar-refractivity contribution in [2.75, 3.05) is 0 Å². The predicted octanol–water partition coefficient (Wildman–Crippen LogP) is 1.70. The van der Waals surface area contributed by atoms with Gasteiger partial charge in [-0.3, -0.25) is 0 Å². The molecule has 17 heavy (non-hydrogen) atoms. The van der Waals surface area contributed by atoms with Crippen LogP contribution in [0.25, 0.3) is 0 Å². The molecule has 0 fully saturated rings. The maximum absolute atomic E-state index is 9.82. The van der Waals surface area contributed by atoms with Crippen LogP contribution in [0.2, 0.25) is 0 Å². The molecule has 1 aromatic heterocycles. The standard InChI is InChI=1S/C13H15N3O/c17-11-7-4-8-16-12(14-15-13(11)16)9-10-5-2-1-3-6-10/h1-3,5-6,11,17H,4,7-9H2. The molecule has 0 radical (unpaired) electrons. The molecule has 3 rings (SSSR count). The Morgan fingerprint density at radius 2 is 2.06 bits per heavy atom. The molecule has 1 unspecified atom stereocenters. The molecule has 1 aromatic carbocycles. The summed E-state index contributed by atoms with van der Waals surface area (Å²) in [6.45, 7) is 0.918. The maximum atomic E-state index is 9.82. The topological polar surface area (TPSA) is 50.9 Å². The van der Waals surface area contributed by atoms with Crippen molar-refractivity contribution in [1.82, 2.24) is 14.8 Å². The number of hydrogen-bond acceptors (Lipinski definition) is 3. The van der Waals surface area contributed by atoms with Crippen LogP contribution in [0, 0.1) is 0 Å². The molecule has 2 heterocycles. The van der Waals surface area contributed by atoms with Crippen LogP contribution in [0.1, 0.15) is 36.2 Å². The van der Waals surface area contributed by atoms with Crippen molar-refractivity contribution in [3.8, 4) is 0 Å². The van der Waals surface area contributed by atoms with Crippen LogP contribution >= 0.6 is 0 Å². The van der Waals surface area contributed by atoms with Crippen LogP contribution in [0.4, 0.5) is 0 Å². The van der Waals surface area contributed by atoms with Crippen molar-refractivity contribution in [2.45, 2.75) is 31.9 Å². The van der Waals surface area contributed by atoms with Crippen molar-refractivity contribution in [3.05, 3.63) is 47.5 Å². The van der Waals surface area contributed by atoms with E-state index < -0.39 is 6.10 Å². The average molecular weight is 229 g/mol. The lowest BCUT2D eigenvalue weighted by molar-refractivity contribution is 0.133. The zero-order valence-electron chi connectivity index (χ0n) is 9.58. The van der Waals surface area contributed by atoms with E-state index in [0.717, 1.165) is 37.5 Å². The number of aromatic nitrogens is 3. The fourth-order valence-electron chi connectivity index (χ4n) is 2.32. The fourth-order valence-corrected chi connectivity index (χ4v) is 2.32. The van der Waals surface area contributed by atoms with Crippen molar-refractivity contribution >= 4 is 0 Å². The molecule has 1 aliphatic rings. The molecule has 1 atom stereocenters. The van der Waals surface area contributed by atoms with Crippen LogP contribution in [0.3, 0.4) is 0 Å². The molecular formula is C13H15N3O. The molecule has 0 spiro atoms. The zero-order valence-corrected chi connectivity index (χ0v) is 9.58. The molecular weight excluding hydrogens is 214 g/mol. The van der Waals surface area contributed by atoms with E-state index in [0.29, 0.717) is 0 Å². The average Bonchev–Trinajstić information content (AvgIpc) is 2.76. The molecule has 0 aliphatic carbocycles. The van der Waals surface area contributed by atoms with Crippen molar-refractivity contribution < 1.29 is 5.11 Å². The summed E-state index contributed by atoms with van der Waals surface area (Å²) in [5.74, 6) is 1.67. The van der Waals surface area contributed by atoms with Crippen LogP contribution in [-0.2, 0) is 13.0 Å². The van der Waals surface area contributed by atoms with Gasteiger partial charge in [0.2, 0.25) is 0 Å². The first-order chi connectivity index (χ1) is 8.34. The summed E-state index contributed by atoms with van der Waals surface area (Å²) in [6.07, 6.45) is 2.12. The number of benzene rings is 1. The van der Waals surface area contributed by atoms with Crippen molar-refractivity contribution in [1.29, 1.82) is 0 Å². The molecule has 1 N–H and O–H groups in total. The van der Waals surface area contributed by atoms with Gasteiger partial charge in [-0.05, 0) is 18.4 Å². The summed E-state index contributed by atoms with van der Waals surface area (Å²) in [4.78, 5) is 0. The van der Waals surface area contributed by atoms with E-state index in [2.05, 4.69) is 26.9 Å². The first-order valence-electron chi connectivity index (χ1n) is 5.98. The SMILES string of the molecule is OC1CCCn2c(Cc3ccccc3)nnc21. The predicted molar refractivity (Wildman–Crippen MR) is 63.5 cm³/mol. The van der Waals surface area contributed by atoms with E-state index in [1.54, 1.807) is 0 Å². The highest BCUT2D eigenvalue weighted by Gasteiger charge is 2.22. The Kier molecular flexibility index (Phi) is 2.65. The number of aliphatic hydroxyl groups excluding tert-OH is 1. The van der Waals surface area contributed by atoms with Crippen LogP contribution in [0.15, 0.2) is 30.3 Å². The Balaban J connectivity index is 1.90. The van der Waals surface area contributed by atoms with Gasteiger partial charge in [0.25, 0.3) is 0 Å².